The second-order valence-electron chi connectivity index (χ2n) is 5.65. The molecular formula is C20H16FN3. The fourth-order valence-electron chi connectivity index (χ4n) is 3.05. The van der Waals surface area contributed by atoms with Gasteiger partial charge in [-0.25, -0.2) is 9.37 Å². The molecule has 1 atom stereocenters. The first-order chi connectivity index (χ1) is 11.8. The van der Waals surface area contributed by atoms with Crippen molar-refractivity contribution in [3.63, 3.8) is 0 Å². The van der Waals surface area contributed by atoms with Crippen LogP contribution in [0.3, 0.4) is 0 Å². The van der Waals surface area contributed by atoms with E-state index in [0.29, 0.717) is 0 Å². The third-order valence-electron chi connectivity index (χ3n) is 4.17. The highest BCUT2D eigenvalue weighted by atomic mass is 19.1. The van der Waals surface area contributed by atoms with Crippen molar-refractivity contribution in [1.29, 1.82) is 0 Å². The van der Waals surface area contributed by atoms with Crippen molar-refractivity contribution in [1.82, 2.24) is 14.5 Å². The van der Waals surface area contributed by atoms with Gasteiger partial charge < -0.3 is 9.55 Å². The molecule has 0 unspecified atom stereocenters. The lowest BCUT2D eigenvalue weighted by Gasteiger charge is -2.20. The summed E-state index contributed by atoms with van der Waals surface area (Å²) in [6, 6.07) is 16.8. The van der Waals surface area contributed by atoms with Crippen LogP contribution in [0.25, 0.3) is 11.1 Å². The molecule has 4 rings (SSSR count). The monoisotopic (exact) mass is 317 g/mol. The van der Waals surface area contributed by atoms with Gasteiger partial charge in [0.05, 0.1) is 12.4 Å². The SMILES string of the molecule is Fc1ccc([C@@H](c2c[nH]cc2-c2ccccc2)n2ccnc2)cc1. The molecule has 4 heteroatoms. The standard InChI is InChI=1S/C20H16FN3/c21-17-8-6-16(7-9-17)20(24-11-10-22-14-24)19-13-23-12-18(19)15-4-2-1-3-5-15/h1-14,20,23H/t20-/m0/s1. The number of rotatable bonds is 4. The van der Waals surface area contributed by atoms with Gasteiger partial charge in [0.15, 0.2) is 0 Å². The van der Waals surface area contributed by atoms with E-state index in [-0.39, 0.29) is 11.9 Å². The topological polar surface area (TPSA) is 33.6 Å². The molecule has 0 spiro atoms. The Labute approximate surface area is 139 Å². The molecule has 0 aliphatic carbocycles. The summed E-state index contributed by atoms with van der Waals surface area (Å²) in [5.41, 5.74) is 4.39. The number of hydrogen-bond donors (Lipinski definition) is 1. The van der Waals surface area contributed by atoms with E-state index in [1.165, 1.54) is 12.1 Å². The van der Waals surface area contributed by atoms with Gasteiger partial charge in [-0.2, -0.15) is 0 Å². The molecule has 3 nitrogen and oxygen atoms in total. The Hall–Kier alpha value is -3.14. The maximum absolute atomic E-state index is 13.4. The average Bonchev–Trinajstić information content (AvgIpc) is 3.30. The summed E-state index contributed by atoms with van der Waals surface area (Å²) in [5, 5.41) is 0. The van der Waals surface area contributed by atoms with E-state index < -0.39 is 0 Å². The molecule has 24 heavy (non-hydrogen) atoms. The second kappa shape index (κ2) is 6.16. The Morgan fingerprint density at radius 1 is 0.958 bits per heavy atom. The maximum Gasteiger partial charge on any atom is 0.123 e. The van der Waals surface area contributed by atoms with E-state index in [1.807, 2.05) is 53.5 Å². The molecule has 2 aromatic heterocycles. The minimum Gasteiger partial charge on any atom is -0.367 e. The van der Waals surface area contributed by atoms with E-state index in [4.69, 9.17) is 0 Å². The number of benzene rings is 2. The number of nitrogens with one attached hydrogen (secondary N) is 1. The van der Waals surface area contributed by atoms with E-state index in [1.54, 1.807) is 12.5 Å². The zero-order valence-corrected chi connectivity index (χ0v) is 12.9. The van der Waals surface area contributed by atoms with Crippen molar-refractivity contribution < 1.29 is 4.39 Å². The molecule has 0 fully saturated rings. The van der Waals surface area contributed by atoms with Gasteiger partial charge >= 0.3 is 0 Å². The number of aromatic amines is 1. The van der Waals surface area contributed by atoms with Crippen molar-refractivity contribution in [3.8, 4) is 11.1 Å². The molecule has 0 saturated heterocycles. The highest BCUT2D eigenvalue weighted by molar-refractivity contribution is 5.68. The molecular weight excluding hydrogens is 301 g/mol. The van der Waals surface area contributed by atoms with Crippen LogP contribution in [0.5, 0.6) is 0 Å². The molecule has 0 radical (unpaired) electrons. The Bertz CT molecular complexity index is 909. The summed E-state index contributed by atoms with van der Waals surface area (Å²) in [5.74, 6) is -0.236. The van der Waals surface area contributed by atoms with Crippen molar-refractivity contribution in [2.24, 2.45) is 0 Å². The zero-order valence-electron chi connectivity index (χ0n) is 12.9. The Balaban J connectivity index is 1.87. The largest absolute Gasteiger partial charge is 0.367 e. The second-order valence-corrected chi connectivity index (χ2v) is 5.65. The normalized spacial score (nSPS) is 12.2. The van der Waals surface area contributed by atoms with E-state index >= 15 is 0 Å². The number of imidazole rings is 1. The third-order valence-corrected chi connectivity index (χ3v) is 4.17. The van der Waals surface area contributed by atoms with Crippen LogP contribution in [0.2, 0.25) is 0 Å². The Morgan fingerprint density at radius 3 is 2.46 bits per heavy atom. The molecule has 2 heterocycles. The van der Waals surface area contributed by atoms with Gasteiger partial charge in [-0.05, 0) is 23.3 Å². The van der Waals surface area contributed by atoms with Crippen molar-refractivity contribution >= 4 is 0 Å². The van der Waals surface area contributed by atoms with Crippen molar-refractivity contribution in [3.05, 3.63) is 103 Å². The molecule has 4 aromatic rings. The minimum absolute atomic E-state index is 0.0745. The molecule has 0 aliphatic heterocycles. The van der Waals surface area contributed by atoms with E-state index in [0.717, 1.165) is 22.3 Å². The lowest BCUT2D eigenvalue weighted by atomic mass is 9.94. The smallest absolute Gasteiger partial charge is 0.123 e. The van der Waals surface area contributed by atoms with Crippen LogP contribution < -0.4 is 0 Å². The van der Waals surface area contributed by atoms with Gasteiger partial charge in [-0.1, -0.05) is 42.5 Å². The van der Waals surface area contributed by atoms with E-state index in [9.17, 15) is 4.39 Å². The predicted octanol–water partition coefficient (Wildman–Crippen LogP) is 4.66. The Kier molecular flexibility index (Phi) is 3.71. The van der Waals surface area contributed by atoms with Gasteiger partial charge in [-0.15, -0.1) is 0 Å². The molecule has 0 aliphatic rings. The summed E-state index contributed by atoms with van der Waals surface area (Å²) in [6.45, 7) is 0. The van der Waals surface area contributed by atoms with Gasteiger partial charge in [0.2, 0.25) is 0 Å². The maximum atomic E-state index is 13.4. The average molecular weight is 317 g/mol. The van der Waals surface area contributed by atoms with Crippen LogP contribution in [0.1, 0.15) is 17.2 Å². The summed E-state index contributed by atoms with van der Waals surface area (Å²) >= 11 is 0. The quantitative estimate of drug-likeness (QED) is 0.584. The highest BCUT2D eigenvalue weighted by Gasteiger charge is 2.20. The van der Waals surface area contributed by atoms with Gasteiger partial charge in [0.25, 0.3) is 0 Å². The summed E-state index contributed by atoms with van der Waals surface area (Å²) in [7, 11) is 0. The fraction of sp³-hybridized carbons (Fsp3) is 0.0500. The summed E-state index contributed by atoms with van der Waals surface area (Å²) < 4.78 is 15.4. The lowest BCUT2D eigenvalue weighted by molar-refractivity contribution is 0.622. The molecule has 0 amide bonds. The third kappa shape index (κ3) is 2.63. The number of nitrogens with zero attached hydrogens (tertiary/aromatic N) is 2. The number of H-pyrrole nitrogens is 1. The van der Waals surface area contributed by atoms with Crippen LogP contribution in [-0.4, -0.2) is 14.5 Å². The predicted molar refractivity (Wildman–Crippen MR) is 92.1 cm³/mol. The first kappa shape index (κ1) is 14.5. The fourth-order valence-corrected chi connectivity index (χ4v) is 3.05. The molecule has 118 valence electrons. The van der Waals surface area contributed by atoms with Gasteiger partial charge in [-0.3, -0.25) is 0 Å². The van der Waals surface area contributed by atoms with Gasteiger partial charge in [0, 0.05) is 35.9 Å². The van der Waals surface area contributed by atoms with Crippen LogP contribution in [0.15, 0.2) is 85.7 Å². The van der Waals surface area contributed by atoms with Crippen LogP contribution in [0.4, 0.5) is 4.39 Å². The van der Waals surface area contributed by atoms with Crippen molar-refractivity contribution in [2.75, 3.05) is 0 Å². The molecule has 1 N–H and O–H groups in total. The highest BCUT2D eigenvalue weighted by Crippen LogP contribution is 2.34. The van der Waals surface area contributed by atoms with Crippen molar-refractivity contribution in [2.45, 2.75) is 6.04 Å². The first-order valence-corrected chi connectivity index (χ1v) is 7.78. The first-order valence-electron chi connectivity index (χ1n) is 7.78. The number of halogens is 1. The summed E-state index contributed by atoms with van der Waals surface area (Å²) in [6.07, 6.45) is 9.46. The molecule has 2 aromatic carbocycles. The zero-order chi connectivity index (χ0) is 16.4. The minimum atomic E-state index is -0.236. The van der Waals surface area contributed by atoms with E-state index in [2.05, 4.69) is 22.1 Å². The summed E-state index contributed by atoms with van der Waals surface area (Å²) in [4.78, 5) is 7.39. The molecule has 0 bridgehead atoms. The molecule has 0 saturated carbocycles. The van der Waals surface area contributed by atoms with Crippen LogP contribution in [-0.2, 0) is 0 Å². The Morgan fingerprint density at radius 2 is 1.75 bits per heavy atom. The number of hydrogen-bond acceptors (Lipinski definition) is 1. The lowest BCUT2D eigenvalue weighted by Crippen LogP contribution is -2.11. The number of aromatic nitrogens is 3. The van der Waals surface area contributed by atoms with Crippen LogP contribution in [0, 0.1) is 5.82 Å². The van der Waals surface area contributed by atoms with Gasteiger partial charge in [0.1, 0.15) is 5.82 Å². The van der Waals surface area contributed by atoms with Crippen LogP contribution >= 0.6 is 0 Å².